The van der Waals surface area contributed by atoms with Gasteiger partial charge in [-0.05, 0) is 63.8 Å². The van der Waals surface area contributed by atoms with Crippen LogP contribution < -0.4 is 5.32 Å². The van der Waals surface area contributed by atoms with Crippen LogP contribution in [0.3, 0.4) is 0 Å². The molecule has 1 amide bonds. The number of carbonyl (C=O) groups excluding carboxylic acids is 2. The SMILES string of the molecule is C=CC1c2cc(C(=O)OCC)ccc2CC[C@H]1NC(=O)OC(C)(C)C. The van der Waals surface area contributed by atoms with Gasteiger partial charge in [-0.25, -0.2) is 9.59 Å². The third kappa shape index (κ3) is 4.84. The Kier molecular flexibility index (Phi) is 5.88. The Hall–Kier alpha value is -2.30. The van der Waals surface area contributed by atoms with E-state index in [4.69, 9.17) is 9.47 Å². The Labute approximate surface area is 149 Å². The van der Waals surface area contributed by atoms with E-state index in [2.05, 4.69) is 11.9 Å². The monoisotopic (exact) mass is 345 g/mol. The predicted molar refractivity (Wildman–Crippen MR) is 96.8 cm³/mol. The molecular formula is C20H27NO4. The van der Waals surface area contributed by atoms with E-state index >= 15 is 0 Å². The number of aryl methyl sites for hydroxylation is 1. The molecule has 0 bridgehead atoms. The summed E-state index contributed by atoms with van der Waals surface area (Å²) in [5.41, 5.74) is 2.15. The molecule has 0 heterocycles. The number of ether oxygens (including phenoxy) is 2. The number of amides is 1. The highest BCUT2D eigenvalue weighted by atomic mass is 16.6. The number of hydrogen-bond donors (Lipinski definition) is 1. The van der Waals surface area contributed by atoms with Crippen LogP contribution in [0.2, 0.25) is 0 Å². The molecule has 0 aromatic heterocycles. The van der Waals surface area contributed by atoms with Gasteiger partial charge < -0.3 is 14.8 Å². The highest BCUT2D eigenvalue weighted by Gasteiger charge is 2.30. The van der Waals surface area contributed by atoms with Crippen molar-refractivity contribution in [1.82, 2.24) is 5.32 Å². The smallest absolute Gasteiger partial charge is 0.407 e. The summed E-state index contributed by atoms with van der Waals surface area (Å²) in [4.78, 5) is 24.1. The van der Waals surface area contributed by atoms with E-state index in [1.54, 1.807) is 13.0 Å². The molecule has 1 unspecified atom stereocenters. The fourth-order valence-corrected chi connectivity index (χ4v) is 3.09. The molecule has 2 atom stereocenters. The van der Waals surface area contributed by atoms with Crippen molar-refractivity contribution in [1.29, 1.82) is 0 Å². The molecule has 1 aliphatic rings. The second-order valence-electron chi connectivity index (χ2n) is 7.19. The molecular weight excluding hydrogens is 318 g/mol. The Morgan fingerprint density at radius 1 is 1.36 bits per heavy atom. The Morgan fingerprint density at radius 2 is 2.08 bits per heavy atom. The zero-order valence-electron chi connectivity index (χ0n) is 15.4. The molecule has 0 saturated heterocycles. The van der Waals surface area contributed by atoms with Gasteiger partial charge in [0.1, 0.15) is 5.60 Å². The quantitative estimate of drug-likeness (QED) is 0.662. The molecule has 0 aliphatic heterocycles. The van der Waals surface area contributed by atoms with Gasteiger partial charge in [0.05, 0.1) is 12.2 Å². The van der Waals surface area contributed by atoms with Crippen molar-refractivity contribution >= 4 is 12.1 Å². The molecule has 2 rings (SSSR count). The molecule has 1 aromatic rings. The zero-order valence-corrected chi connectivity index (χ0v) is 15.4. The van der Waals surface area contributed by atoms with Gasteiger partial charge in [-0.15, -0.1) is 6.58 Å². The maximum atomic E-state index is 12.1. The molecule has 136 valence electrons. The number of alkyl carbamates (subject to hydrolysis) is 1. The highest BCUT2D eigenvalue weighted by Crippen LogP contribution is 2.33. The van der Waals surface area contributed by atoms with Gasteiger partial charge in [0.2, 0.25) is 0 Å². The van der Waals surface area contributed by atoms with Crippen molar-refractivity contribution in [2.45, 2.75) is 58.1 Å². The highest BCUT2D eigenvalue weighted by molar-refractivity contribution is 5.89. The van der Waals surface area contributed by atoms with Crippen molar-refractivity contribution in [3.05, 3.63) is 47.5 Å². The van der Waals surface area contributed by atoms with Gasteiger partial charge in [-0.3, -0.25) is 0 Å². The summed E-state index contributed by atoms with van der Waals surface area (Å²) in [5.74, 6) is -0.416. The first-order chi connectivity index (χ1) is 11.7. The number of fused-ring (bicyclic) bond motifs is 1. The number of benzene rings is 1. The van der Waals surface area contributed by atoms with E-state index in [1.807, 2.05) is 39.0 Å². The zero-order chi connectivity index (χ0) is 18.6. The summed E-state index contributed by atoms with van der Waals surface area (Å²) in [6.45, 7) is 11.5. The minimum absolute atomic E-state index is 0.0781. The molecule has 5 heteroatoms. The third-order valence-corrected chi connectivity index (χ3v) is 4.13. The average Bonchev–Trinajstić information content (AvgIpc) is 2.52. The number of nitrogens with one attached hydrogen (secondary N) is 1. The lowest BCUT2D eigenvalue weighted by Crippen LogP contribution is -2.43. The summed E-state index contributed by atoms with van der Waals surface area (Å²) in [6.07, 6.45) is 2.99. The third-order valence-electron chi connectivity index (χ3n) is 4.13. The Balaban J connectivity index is 2.21. The number of hydrogen-bond acceptors (Lipinski definition) is 4. The average molecular weight is 345 g/mol. The molecule has 1 N–H and O–H groups in total. The van der Waals surface area contributed by atoms with Gasteiger partial charge in [0.25, 0.3) is 0 Å². The minimum Gasteiger partial charge on any atom is -0.462 e. The van der Waals surface area contributed by atoms with Crippen molar-refractivity contribution in [2.75, 3.05) is 6.61 Å². The van der Waals surface area contributed by atoms with E-state index < -0.39 is 11.7 Å². The van der Waals surface area contributed by atoms with Gasteiger partial charge in [0, 0.05) is 12.0 Å². The first-order valence-electron chi connectivity index (χ1n) is 8.67. The van der Waals surface area contributed by atoms with E-state index in [1.165, 1.54) is 5.56 Å². The Bertz CT molecular complexity index is 660. The summed E-state index contributed by atoms with van der Waals surface area (Å²) >= 11 is 0. The van der Waals surface area contributed by atoms with Crippen LogP contribution in [0.5, 0.6) is 0 Å². The van der Waals surface area contributed by atoms with Gasteiger partial charge in [-0.2, -0.15) is 0 Å². The second kappa shape index (κ2) is 7.72. The maximum absolute atomic E-state index is 12.1. The molecule has 1 aromatic carbocycles. The molecule has 25 heavy (non-hydrogen) atoms. The first-order valence-corrected chi connectivity index (χ1v) is 8.67. The fraction of sp³-hybridized carbons (Fsp3) is 0.500. The molecule has 0 fully saturated rings. The van der Waals surface area contributed by atoms with E-state index in [-0.39, 0.29) is 17.9 Å². The summed E-state index contributed by atoms with van der Waals surface area (Å²) in [7, 11) is 0. The lowest BCUT2D eigenvalue weighted by Gasteiger charge is -2.33. The van der Waals surface area contributed by atoms with Crippen molar-refractivity contribution in [3.63, 3.8) is 0 Å². The fourth-order valence-electron chi connectivity index (χ4n) is 3.09. The van der Waals surface area contributed by atoms with Crippen LogP contribution in [0.15, 0.2) is 30.9 Å². The number of rotatable bonds is 4. The van der Waals surface area contributed by atoms with E-state index in [9.17, 15) is 9.59 Å². The van der Waals surface area contributed by atoms with Gasteiger partial charge in [-0.1, -0.05) is 12.1 Å². The van der Waals surface area contributed by atoms with Crippen molar-refractivity contribution < 1.29 is 19.1 Å². The topological polar surface area (TPSA) is 64.6 Å². The number of esters is 1. The molecule has 5 nitrogen and oxygen atoms in total. The first kappa shape index (κ1) is 19.0. The summed E-state index contributed by atoms with van der Waals surface area (Å²) in [6, 6.07) is 5.49. The molecule has 0 radical (unpaired) electrons. The largest absolute Gasteiger partial charge is 0.462 e. The van der Waals surface area contributed by atoms with E-state index in [0.717, 1.165) is 18.4 Å². The minimum atomic E-state index is -0.544. The van der Waals surface area contributed by atoms with Crippen LogP contribution in [0.1, 0.15) is 61.5 Å². The van der Waals surface area contributed by atoms with Crippen LogP contribution in [-0.4, -0.2) is 30.3 Å². The van der Waals surface area contributed by atoms with Crippen molar-refractivity contribution in [2.24, 2.45) is 0 Å². The van der Waals surface area contributed by atoms with Crippen LogP contribution in [0.25, 0.3) is 0 Å². The van der Waals surface area contributed by atoms with Crippen LogP contribution >= 0.6 is 0 Å². The summed E-state index contributed by atoms with van der Waals surface area (Å²) < 4.78 is 10.4. The Morgan fingerprint density at radius 3 is 2.68 bits per heavy atom. The maximum Gasteiger partial charge on any atom is 0.407 e. The molecule has 1 aliphatic carbocycles. The van der Waals surface area contributed by atoms with Gasteiger partial charge >= 0.3 is 12.1 Å². The predicted octanol–water partition coefficient (Wildman–Crippen LogP) is 3.97. The second-order valence-corrected chi connectivity index (χ2v) is 7.19. The van der Waals surface area contributed by atoms with Crippen LogP contribution in [-0.2, 0) is 15.9 Å². The normalized spacial score (nSPS) is 19.5. The molecule has 0 spiro atoms. The lowest BCUT2D eigenvalue weighted by atomic mass is 9.78. The van der Waals surface area contributed by atoms with Crippen LogP contribution in [0.4, 0.5) is 4.79 Å². The molecule has 0 saturated carbocycles. The van der Waals surface area contributed by atoms with Crippen molar-refractivity contribution in [3.8, 4) is 0 Å². The van der Waals surface area contributed by atoms with E-state index in [0.29, 0.717) is 12.2 Å². The lowest BCUT2D eigenvalue weighted by molar-refractivity contribution is 0.0490. The standard InChI is InChI=1S/C20H27NO4/c1-6-15-16-12-14(18(22)24-7-2)9-8-13(16)10-11-17(15)21-19(23)25-20(3,4)5/h6,8-9,12,15,17H,1,7,10-11H2,2-5H3,(H,21,23)/t15?,17-/m1/s1. The number of carbonyl (C=O) groups is 2. The summed E-state index contributed by atoms with van der Waals surface area (Å²) in [5, 5.41) is 2.94. The van der Waals surface area contributed by atoms with Crippen LogP contribution in [0, 0.1) is 0 Å². The van der Waals surface area contributed by atoms with Gasteiger partial charge in [0.15, 0.2) is 0 Å².